The van der Waals surface area contributed by atoms with Crippen LogP contribution in [0.1, 0.15) is 48.8 Å². The van der Waals surface area contributed by atoms with Crippen molar-refractivity contribution < 1.29 is 14.7 Å². The number of benzene rings is 2. The van der Waals surface area contributed by atoms with Gasteiger partial charge in [0.25, 0.3) is 0 Å². The van der Waals surface area contributed by atoms with E-state index in [1.54, 1.807) is 24.3 Å². The monoisotopic (exact) mass is 387 g/mol. The second-order valence-corrected chi connectivity index (χ2v) is 7.98. The number of hydrogen-bond acceptors (Lipinski definition) is 4. The standard InChI is InChI=1S/C25H25NO3/c27-22(18-9-3-1-4-10-18)16-24(29)23(28)15-21-20-12-6-5-11-19(20)17-25(26-21)13-7-2-8-14-25/h1,3-6,9-12,15-16,26-27H,2,7-8,13-14,17H2. The molecule has 0 saturated heterocycles. The van der Waals surface area contributed by atoms with Gasteiger partial charge in [-0.25, -0.2) is 0 Å². The molecule has 0 atom stereocenters. The molecule has 0 radical (unpaired) electrons. The first-order chi connectivity index (χ1) is 14.1. The smallest absolute Gasteiger partial charge is 0.229 e. The van der Waals surface area contributed by atoms with Crippen molar-refractivity contribution in [3.05, 3.63) is 83.4 Å². The van der Waals surface area contributed by atoms with E-state index in [0.29, 0.717) is 11.3 Å². The fourth-order valence-corrected chi connectivity index (χ4v) is 4.43. The van der Waals surface area contributed by atoms with Gasteiger partial charge in [-0.05, 0) is 24.8 Å². The molecule has 2 aromatic rings. The Morgan fingerprint density at radius 1 is 0.897 bits per heavy atom. The van der Waals surface area contributed by atoms with Gasteiger partial charge < -0.3 is 10.4 Å². The van der Waals surface area contributed by atoms with Crippen molar-refractivity contribution >= 4 is 23.0 Å². The third kappa shape index (κ3) is 4.16. The molecular weight excluding hydrogens is 362 g/mol. The SMILES string of the molecule is O=C(C=C(O)c1ccccc1)C(=O)C=C1NC2(CCCCC2)Cc2ccccc21. The highest BCUT2D eigenvalue weighted by molar-refractivity contribution is 6.47. The Labute approximate surface area is 171 Å². The van der Waals surface area contributed by atoms with Crippen molar-refractivity contribution in [1.29, 1.82) is 0 Å². The van der Waals surface area contributed by atoms with Gasteiger partial charge in [-0.2, -0.15) is 0 Å². The molecule has 1 aliphatic carbocycles. The Morgan fingerprint density at radius 2 is 1.59 bits per heavy atom. The number of carbonyl (C=O) groups is 2. The van der Waals surface area contributed by atoms with Crippen LogP contribution in [0.15, 0.2) is 66.7 Å². The van der Waals surface area contributed by atoms with E-state index in [1.165, 1.54) is 30.9 Å². The topological polar surface area (TPSA) is 66.4 Å². The predicted molar refractivity (Wildman–Crippen MR) is 114 cm³/mol. The highest BCUT2D eigenvalue weighted by Gasteiger charge is 2.37. The fourth-order valence-electron chi connectivity index (χ4n) is 4.43. The summed E-state index contributed by atoms with van der Waals surface area (Å²) in [6.45, 7) is 0. The number of allylic oxidation sites excluding steroid dienone is 2. The summed E-state index contributed by atoms with van der Waals surface area (Å²) in [5, 5.41) is 13.8. The molecule has 2 N–H and O–H groups in total. The Balaban J connectivity index is 1.62. The Morgan fingerprint density at radius 3 is 2.34 bits per heavy atom. The average Bonchev–Trinajstić information content (AvgIpc) is 2.74. The molecule has 1 fully saturated rings. The first kappa shape index (κ1) is 19.2. The van der Waals surface area contributed by atoms with Gasteiger partial charge in [-0.3, -0.25) is 9.59 Å². The second kappa shape index (κ2) is 8.08. The average molecular weight is 387 g/mol. The number of aliphatic hydroxyl groups excluding tert-OH is 1. The Kier molecular flexibility index (Phi) is 5.34. The van der Waals surface area contributed by atoms with Crippen molar-refractivity contribution in [1.82, 2.24) is 5.32 Å². The van der Waals surface area contributed by atoms with Gasteiger partial charge in [0.2, 0.25) is 11.6 Å². The summed E-state index contributed by atoms with van der Waals surface area (Å²) >= 11 is 0. The summed E-state index contributed by atoms with van der Waals surface area (Å²) < 4.78 is 0. The molecule has 2 aromatic carbocycles. The first-order valence-corrected chi connectivity index (χ1v) is 10.2. The minimum atomic E-state index is -0.735. The molecule has 1 aliphatic heterocycles. The maximum Gasteiger partial charge on any atom is 0.229 e. The fraction of sp³-hybridized carbons (Fsp3) is 0.280. The molecule has 1 heterocycles. The summed E-state index contributed by atoms with van der Waals surface area (Å²) in [6, 6.07) is 16.8. The summed E-state index contributed by atoms with van der Waals surface area (Å²) in [6.07, 6.45) is 9.05. The van der Waals surface area contributed by atoms with Crippen molar-refractivity contribution in [3.8, 4) is 0 Å². The summed E-state index contributed by atoms with van der Waals surface area (Å²) in [5.41, 5.74) is 3.36. The van der Waals surface area contributed by atoms with E-state index in [0.717, 1.165) is 30.9 Å². The lowest BCUT2D eigenvalue weighted by Crippen LogP contribution is -2.50. The van der Waals surface area contributed by atoms with Gasteiger partial charge in [0.1, 0.15) is 5.76 Å². The van der Waals surface area contributed by atoms with E-state index < -0.39 is 11.6 Å². The first-order valence-electron chi connectivity index (χ1n) is 10.2. The molecular formula is C25H25NO3. The number of aliphatic hydroxyl groups is 1. The number of ketones is 2. The summed E-state index contributed by atoms with van der Waals surface area (Å²) in [4.78, 5) is 25.1. The highest BCUT2D eigenvalue weighted by atomic mass is 16.3. The molecule has 4 heteroatoms. The Bertz CT molecular complexity index is 982. The van der Waals surface area contributed by atoms with Crippen LogP contribution in [-0.2, 0) is 16.0 Å². The molecule has 0 amide bonds. The molecule has 4 rings (SSSR count). The lowest BCUT2D eigenvalue weighted by atomic mass is 9.74. The summed E-state index contributed by atoms with van der Waals surface area (Å²) in [5.74, 6) is -1.58. The van der Waals surface area contributed by atoms with Crippen LogP contribution >= 0.6 is 0 Å². The normalized spacial score (nSPS) is 19.4. The minimum absolute atomic E-state index is 0.0379. The lowest BCUT2D eigenvalue weighted by Gasteiger charge is -2.44. The highest BCUT2D eigenvalue weighted by Crippen LogP contribution is 2.38. The third-order valence-corrected chi connectivity index (χ3v) is 5.90. The zero-order valence-corrected chi connectivity index (χ0v) is 16.4. The zero-order valence-electron chi connectivity index (χ0n) is 16.4. The zero-order chi connectivity index (χ0) is 20.3. The van der Waals surface area contributed by atoms with Crippen LogP contribution in [-0.4, -0.2) is 22.2 Å². The van der Waals surface area contributed by atoms with E-state index in [-0.39, 0.29) is 11.3 Å². The van der Waals surface area contributed by atoms with Gasteiger partial charge in [0.15, 0.2) is 0 Å². The van der Waals surface area contributed by atoms with Crippen LogP contribution in [0.2, 0.25) is 0 Å². The van der Waals surface area contributed by atoms with Crippen LogP contribution in [0.5, 0.6) is 0 Å². The van der Waals surface area contributed by atoms with E-state index >= 15 is 0 Å². The number of carbonyl (C=O) groups excluding carboxylic acids is 2. The molecule has 0 aromatic heterocycles. The number of rotatable bonds is 4. The summed E-state index contributed by atoms with van der Waals surface area (Å²) in [7, 11) is 0. The van der Waals surface area contributed by atoms with Crippen LogP contribution in [0.3, 0.4) is 0 Å². The van der Waals surface area contributed by atoms with E-state index in [2.05, 4.69) is 11.4 Å². The minimum Gasteiger partial charge on any atom is -0.507 e. The van der Waals surface area contributed by atoms with Crippen molar-refractivity contribution in [2.75, 3.05) is 0 Å². The maximum atomic E-state index is 12.6. The Hall–Kier alpha value is -3.14. The van der Waals surface area contributed by atoms with Crippen LogP contribution in [0.4, 0.5) is 0 Å². The van der Waals surface area contributed by atoms with Crippen molar-refractivity contribution in [3.63, 3.8) is 0 Å². The van der Waals surface area contributed by atoms with Gasteiger partial charge in [-0.15, -0.1) is 0 Å². The maximum absolute atomic E-state index is 12.6. The lowest BCUT2D eigenvalue weighted by molar-refractivity contribution is -0.130. The van der Waals surface area contributed by atoms with Crippen molar-refractivity contribution in [2.24, 2.45) is 0 Å². The largest absolute Gasteiger partial charge is 0.507 e. The van der Waals surface area contributed by atoms with Crippen LogP contribution in [0, 0.1) is 0 Å². The quantitative estimate of drug-likeness (QED) is 0.457. The van der Waals surface area contributed by atoms with Gasteiger partial charge >= 0.3 is 0 Å². The molecule has 0 bridgehead atoms. The molecule has 1 saturated carbocycles. The van der Waals surface area contributed by atoms with Gasteiger partial charge in [0, 0.05) is 34.5 Å². The number of hydrogen-bond donors (Lipinski definition) is 2. The van der Waals surface area contributed by atoms with Crippen molar-refractivity contribution in [2.45, 2.75) is 44.1 Å². The molecule has 29 heavy (non-hydrogen) atoms. The molecule has 148 valence electrons. The van der Waals surface area contributed by atoms with Gasteiger partial charge in [-0.1, -0.05) is 73.9 Å². The molecule has 1 spiro atoms. The molecule has 0 unspecified atom stereocenters. The molecule has 2 aliphatic rings. The third-order valence-electron chi connectivity index (χ3n) is 5.90. The van der Waals surface area contributed by atoms with E-state index in [9.17, 15) is 14.7 Å². The van der Waals surface area contributed by atoms with Crippen LogP contribution in [0.25, 0.3) is 11.5 Å². The number of nitrogens with one attached hydrogen (secondary N) is 1. The van der Waals surface area contributed by atoms with Crippen LogP contribution < -0.4 is 5.32 Å². The molecule has 4 nitrogen and oxygen atoms in total. The van der Waals surface area contributed by atoms with E-state index in [1.807, 2.05) is 24.3 Å². The second-order valence-electron chi connectivity index (χ2n) is 7.98. The predicted octanol–water partition coefficient (Wildman–Crippen LogP) is 4.61. The van der Waals surface area contributed by atoms with E-state index in [4.69, 9.17) is 0 Å². The number of fused-ring (bicyclic) bond motifs is 1. The van der Waals surface area contributed by atoms with Gasteiger partial charge in [0.05, 0.1) is 0 Å².